The third-order valence-electron chi connectivity index (χ3n) is 2.87. The van der Waals surface area contributed by atoms with Gasteiger partial charge in [0.05, 0.1) is 18.6 Å². The molecule has 1 unspecified atom stereocenters. The van der Waals surface area contributed by atoms with Crippen LogP contribution in [0.15, 0.2) is 23.0 Å². The molecule has 3 N–H and O–H groups in total. The third-order valence-corrected chi connectivity index (χ3v) is 2.87. The number of hydrazine groups is 1. The van der Waals surface area contributed by atoms with Gasteiger partial charge in [0.25, 0.3) is 0 Å². The minimum absolute atomic E-state index is 0.226. The molecule has 1 rings (SSSR count). The van der Waals surface area contributed by atoms with Crippen LogP contribution in [0, 0.1) is 5.92 Å². The maximum Gasteiger partial charge on any atom is 0.0950 e. The zero-order valence-corrected chi connectivity index (χ0v) is 9.70. The van der Waals surface area contributed by atoms with E-state index in [0.29, 0.717) is 5.92 Å². The number of furan rings is 1. The second-order valence-electron chi connectivity index (χ2n) is 4.04. The summed E-state index contributed by atoms with van der Waals surface area (Å²) in [6.07, 6.45) is 8.28. The van der Waals surface area contributed by atoms with E-state index < -0.39 is 0 Å². The van der Waals surface area contributed by atoms with Crippen LogP contribution in [0.1, 0.15) is 51.1 Å². The summed E-state index contributed by atoms with van der Waals surface area (Å²) in [6.45, 7) is 4.43. The molecule has 1 atom stereocenters. The molecule has 1 aromatic heterocycles. The van der Waals surface area contributed by atoms with Gasteiger partial charge in [-0.1, -0.05) is 26.7 Å². The van der Waals surface area contributed by atoms with E-state index in [-0.39, 0.29) is 6.04 Å². The Morgan fingerprint density at radius 2 is 2.00 bits per heavy atom. The zero-order chi connectivity index (χ0) is 11.1. The largest absolute Gasteiger partial charge is 0.472 e. The summed E-state index contributed by atoms with van der Waals surface area (Å²) in [6, 6.07) is 2.21. The smallest absolute Gasteiger partial charge is 0.0950 e. The first-order valence-corrected chi connectivity index (χ1v) is 5.81. The third kappa shape index (κ3) is 3.36. The van der Waals surface area contributed by atoms with Gasteiger partial charge in [-0.05, 0) is 24.8 Å². The highest BCUT2D eigenvalue weighted by Gasteiger charge is 2.21. The summed E-state index contributed by atoms with van der Waals surface area (Å²) in [4.78, 5) is 0. The van der Waals surface area contributed by atoms with Crippen LogP contribution in [0.5, 0.6) is 0 Å². The van der Waals surface area contributed by atoms with Crippen molar-refractivity contribution in [3.8, 4) is 0 Å². The molecule has 0 saturated heterocycles. The van der Waals surface area contributed by atoms with Crippen LogP contribution < -0.4 is 11.3 Å². The summed E-state index contributed by atoms with van der Waals surface area (Å²) >= 11 is 0. The summed E-state index contributed by atoms with van der Waals surface area (Å²) in [5.74, 6) is 6.23. The molecule has 15 heavy (non-hydrogen) atoms. The molecule has 3 nitrogen and oxygen atoms in total. The summed E-state index contributed by atoms with van der Waals surface area (Å²) in [5.41, 5.74) is 4.07. The predicted molar refractivity (Wildman–Crippen MR) is 62.1 cm³/mol. The number of rotatable bonds is 7. The minimum atomic E-state index is 0.226. The zero-order valence-electron chi connectivity index (χ0n) is 9.70. The number of hydrogen-bond acceptors (Lipinski definition) is 3. The van der Waals surface area contributed by atoms with Gasteiger partial charge in [0, 0.05) is 5.56 Å². The van der Waals surface area contributed by atoms with Crippen LogP contribution in [0.3, 0.4) is 0 Å². The lowest BCUT2D eigenvalue weighted by Crippen LogP contribution is -2.33. The second-order valence-corrected chi connectivity index (χ2v) is 4.04. The maximum absolute atomic E-state index is 5.63. The molecular formula is C12H22N2O. The van der Waals surface area contributed by atoms with Crippen molar-refractivity contribution in [2.45, 2.75) is 45.6 Å². The summed E-state index contributed by atoms with van der Waals surface area (Å²) in [5, 5.41) is 0. The van der Waals surface area contributed by atoms with Gasteiger partial charge >= 0.3 is 0 Å². The van der Waals surface area contributed by atoms with Crippen molar-refractivity contribution in [2.24, 2.45) is 11.8 Å². The fourth-order valence-corrected chi connectivity index (χ4v) is 2.18. The van der Waals surface area contributed by atoms with Crippen molar-refractivity contribution in [2.75, 3.05) is 0 Å². The van der Waals surface area contributed by atoms with Gasteiger partial charge in [-0.2, -0.15) is 0 Å². The average molecular weight is 210 g/mol. The monoisotopic (exact) mass is 210 g/mol. The lowest BCUT2D eigenvalue weighted by atomic mass is 9.87. The van der Waals surface area contributed by atoms with Gasteiger partial charge < -0.3 is 4.42 Å². The molecule has 1 heterocycles. The molecule has 1 aromatic rings. The van der Waals surface area contributed by atoms with E-state index in [2.05, 4.69) is 19.3 Å². The standard InChI is InChI=1S/C12H22N2O/c1-3-5-10(6-4-2)12(14-13)11-7-8-15-9-11/h7-10,12,14H,3-6,13H2,1-2H3. The highest BCUT2D eigenvalue weighted by Crippen LogP contribution is 2.29. The van der Waals surface area contributed by atoms with Gasteiger partial charge in [-0.3, -0.25) is 11.3 Å². The van der Waals surface area contributed by atoms with E-state index in [1.165, 1.54) is 25.7 Å². The van der Waals surface area contributed by atoms with Crippen molar-refractivity contribution < 1.29 is 4.42 Å². The number of hydrogen-bond donors (Lipinski definition) is 2. The molecule has 0 fully saturated rings. The van der Waals surface area contributed by atoms with Crippen LogP contribution in [0.4, 0.5) is 0 Å². The Kier molecular flexibility index (Phi) is 5.43. The van der Waals surface area contributed by atoms with Crippen molar-refractivity contribution in [1.29, 1.82) is 0 Å². The molecule has 0 aliphatic heterocycles. The maximum atomic E-state index is 5.63. The van der Waals surface area contributed by atoms with E-state index in [1.807, 2.05) is 6.07 Å². The number of nitrogens with two attached hydrogens (primary N) is 1. The van der Waals surface area contributed by atoms with Crippen molar-refractivity contribution in [3.05, 3.63) is 24.2 Å². The van der Waals surface area contributed by atoms with E-state index >= 15 is 0 Å². The molecule has 86 valence electrons. The first kappa shape index (κ1) is 12.3. The quantitative estimate of drug-likeness (QED) is 0.537. The molecule has 0 saturated carbocycles. The van der Waals surface area contributed by atoms with Gasteiger partial charge in [0.15, 0.2) is 0 Å². The second kappa shape index (κ2) is 6.64. The van der Waals surface area contributed by atoms with Gasteiger partial charge in [-0.15, -0.1) is 0 Å². The SMILES string of the molecule is CCCC(CCC)C(NN)c1ccoc1. The van der Waals surface area contributed by atoms with Gasteiger partial charge in [0.2, 0.25) is 0 Å². The first-order chi connectivity index (χ1) is 7.33. The van der Waals surface area contributed by atoms with Crippen LogP contribution in [0.2, 0.25) is 0 Å². The molecule has 0 radical (unpaired) electrons. The van der Waals surface area contributed by atoms with Crippen molar-refractivity contribution >= 4 is 0 Å². The Balaban J connectivity index is 2.69. The highest BCUT2D eigenvalue weighted by atomic mass is 16.3. The normalized spacial score (nSPS) is 13.3. The molecule has 0 amide bonds. The van der Waals surface area contributed by atoms with E-state index in [1.54, 1.807) is 12.5 Å². The minimum Gasteiger partial charge on any atom is -0.472 e. The Morgan fingerprint density at radius 1 is 1.33 bits per heavy atom. The topological polar surface area (TPSA) is 51.2 Å². The molecular weight excluding hydrogens is 188 g/mol. The average Bonchev–Trinajstić information content (AvgIpc) is 2.73. The molecule has 0 aromatic carbocycles. The molecule has 0 bridgehead atoms. The lowest BCUT2D eigenvalue weighted by molar-refractivity contribution is 0.317. The highest BCUT2D eigenvalue weighted by molar-refractivity contribution is 5.12. The number of nitrogens with one attached hydrogen (secondary N) is 1. The van der Waals surface area contributed by atoms with Crippen molar-refractivity contribution in [1.82, 2.24) is 5.43 Å². The lowest BCUT2D eigenvalue weighted by Gasteiger charge is -2.25. The van der Waals surface area contributed by atoms with E-state index in [4.69, 9.17) is 10.3 Å². The van der Waals surface area contributed by atoms with Crippen LogP contribution in [-0.2, 0) is 0 Å². The van der Waals surface area contributed by atoms with Crippen LogP contribution in [-0.4, -0.2) is 0 Å². The molecule has 0 aliphatic carbocycles. The van der Waals surface area contributed by atoms with Crippen LogP contribution in [0.25, 0.3) is 0 Å². The van der Waals surface area contributed by atoms with Gasteiger partial charge in [0.1, 0.15) is 0 Å². The Morgan fingerprint density at radius 3 is 2.40 bits per heavy atom. The predicted octanol–water partition coefficient (Wildman–Crippen LogP) is 3.00. The fourth-order valence-electron chi connectivity index (χ4n) is 2.18. The van der Waals surface area contributed by atoms with E-state index in [9.17, 15) is 0 Å². The summed E-state index contributed by atoms with van der Waals surface area (Å²) < 4.78 is 5.11. The molecule has 0 aliphatic rings. The van der Waals surface area contributed by atoms with Crippen LogP contribution >= 0.6 is 0 Å². The summed E-state index contributed by atoms with van der Waals surface area (Å²) in [7, 11) is 0. The molecule has 0 spiro atoms. The Hall–Kier alpha value is -0.800. The first-order valence-electron chi connectivity index (χ1n) is 5.81. The fraction of sp³-hybridized carbons (Fsp3) is 0.667. The van der Waals surface area contributed by atoms with E-state index in [0.717, 1.165) is 5.56 Å². The van der Waals surface area contributed by atoms with Gasteiger partial charge in [-0.25, -0.2) is 0 Å². The Bertz CT molecular complexity index is 240. The Labute approximate surface area is 92.0 Å². The van der Waals surface area contributed by atoms with Crippen molar-refractivity contribution in [3.63, 3.8) is 0 Å². The molecule has 3 heteroatoms.